The molecule has 0 spiro atoms. The Morgan fingerprint density at radius 2 is 0.944 bits per heavy atom. The number of rotatable bonds is 54. The van der Waals surface area contributed by atoms with Crippen LogP contribution in [0, 0.1) is 6.92 Å². The molecule has 0 radical (unpaired) electrons. The molecule has 125 heavy (non-hydrogen) atoms. The number of hydrogen-bond donors (Lipinski definition) is 10. The van der Waals surface area contributed by atoms with Crippen LogP contribution in [0.15, 0.2) is 96.8 Å². The maximum atomic E-state index is 13.7. The summed E-state index contributed by atoms with van der Waals surface area (Å²) in [7, 11) is 6.83. The summed E-state index contributed by atoms with van der Waals surface area (Å²) < 4.78 is 49.0. The highest BCUT2D eigenvalue weighted by Crippen LogP contribution is 2.35. The third-order valence-electron chi connectivity index (χ3n) is 19.5. The molecule has 41 heteroatoms. The van der Waals surface area contributed by atoms with Crippen molar-refractivity contribution in [2.45, 2.75) is 118 Å². The first-order valence-electron chi connectivity index (χ1n) is 41.6. The maximum Gasteiger partial charge on any atom is 0.291 e. The third-order valence-corrected chi connectivity index (χ3v) is 19.7. The summed E-state index contributed by atoms with van der Waals surface area (Å²) in [5.74, 6) is -1.81. The van der Waals surface area contributed by atoms with Crippen molar-refractivity contribution in [3.8, 4) is 11.4 Å². The summed E-state index contributed by atoms with van der Waals surface area (Å²) in [6.45, 7) is 20.0. The second kappa shape index (κ2) is 49.4. The largest absolute Gasteiger partial charge is 0.497 e. The number of benzene rings is 2. The van der Waals surface area contributed by atoms with Gasteiger partial charge in [0.1, 0.15) is 29.0 Å². The average molecular weight is 1760 g/mol. The molecule has 0 saturated heterocycles. The normalized spacial score (nSPS) is 12.4. The third kappa shape index (κ3) is 30.1. The molecule has 0 bridgehead atoms. The van der Waals surface area contributed by atoms with Gasteiger partial charge in [-0.1, -0.05) is 23.7 Å². The number of aryl methyl sites for hydroxylation is 3. The molecule has 7 heterocycles. The van der Waals surface area contributed by atoms with Crippen LogP contribution in [0.25, 0.3) is 5.69 Å². The van der Waals surface area contributed by atoms with Gasteiger partial charge in [0.25, 0.3) is 29.5 Å². The van der Waals surface area contributed by atoms with Gasteiger partial charge in [0, 0.05) is 151 Å². The Morgan fingerprint density at radius 1 is 0.480 bits per heavy atom. The van der Waals surface area contributed by atoms with E-state index in [-0.39, 0.29) is 140 Å². The van der Waals surface area contributed by atoms with E-state index in [0.29, 0.717) is 139 Å². The number of anilines is 4. The Kier molecular flexibility index (Phi) is 38.3. The monoisotopic (exact) mass is 1750 g/mol. The summed E-state index contributed by atoms with van der Waals surface area (Å²) in [4.78, 5) is 151. The van der Waals surface area contributed by atoms with E-state index < -0.39 is 47.4 Å². The van der Waals surface area contributed by atoms with Gasteiger partial charge in [-0.2, -0.15) is 0 Å². The van der Waals surface area contributed by atoms with Crippen molar-refractivity contribution in [1.29, 1.82) is 0 Å². The van der Waals surface area contributed by atoms with Gasteiger partial charge in [-0.05, 0) is 124 Å². The van der Waals surface area contributed by atoms with E-state index in [1.807, 2.05) is 90.4 Å². The van der Waals surface area contributed by atoms with Gasteiger partial charge in [-0.3, -0.25) is 57.5 Å². The Bertz CT molecular complexity index is 4960. The Hall–Kier alpha value is -12.1. The quantitative estimate of drug-likeness (QED) is 0.0198. The smallest absolute Gasteiger partial charge is 0.291 e. The predicted molar refractivity (Wildman–Crippen MR) is 465 cm³/mol. The number of nitrogens with zero attached hydrogens (tertiary/aromatic N) is 13. The van der Waals surface area contributed by atoms with Crippen molar-refractivity contribution in [1.82, 2.24) is 89.4 Å². The molecular formula is C84H116ClN23O17. The average Bonchev–Trinajstić information content (AvgIpc) is 1.60. The highest BCUT2D eigenvalue weighted by Gasteiger charge is 2.31. The van der Waals surface area contributed by atoms with Crippen molar-refractivity contribution in [3.63, 3.8) is 0 Å². The summed E-state index contributed by atoms with van der Waals surface area (Å²) in [6.07, 6.45) is 10.8. The second-order valence-corrected chi connectivity index (χ2v) is 30.6. The van der Waals surface area contributed by atoms with Crippen molar-refractivity contribution in [2.24, 2.45) is 19.1 Å². The first-order valence-corrected chi connectivity index (χ1v) is 42.0. The van der Waals surface area contributed by atoms with Crippen LogP contribution in [0.5, 0.6) is 5.75 Å². The molecule has 0 unspecified atom stereocenters. The lowest BCUT2D eigenvalue weighted by Gasteiger charge is -2.17. The lowest BCUT2D eigenvalue weighted by Crippen LogP contribution is -2.33. The standard InChI is InChI=1S/C84H116ClN23O17/c1-54(2)105-33-29-89-77(105)83(117)93-60-46-66(103(9)50-60)80(114)90-28-22-73(112)97-69-53-107(56(5)6)79(99-69)84(118)94-61-47-67(104(10)51-61)81(115)91-27-21-72(111)96-68-52-106(55(3)4)78(98-68)82(116)92-26-20-70(109)86-24-12-31-102(8)32-13-25-87-71(110)23-34-120-36-38-122-40-42-124-44-45-125-43-41-123-39-37-121-35-30-88-74(113)49-64-76-101-100-57(7)108(76)65-19-18-62(119-11)48-63(65)75(95-64)58-14-16-59(85)17-15-58/h14-19,29,33,46-48,50-56,64H,12-13,20-28,30-32,34-45,49H2,1-11H3,(H,86,109)(H,87,110)(H,88,113)(H,90,114)(H,91,115)(H,92,116)(H,93,117)(H,94,118)(H,96,111)(H,97,112)/t64-/m0/s1. The number of nitrogens with one attached hydrogen (secondary N) is 10. The van der Waals surface area contributed by atoms with E-state index in [1.54, 1.807) is 64.0 Å². The number of amides is 10. The molecule has 10 amide bonds. The first-order chi connectivity index (χ1) is 60.1. The lowest BCUT2D eigenvalue weighted by atomic mass is 10.00. The molecule has 9 rings (SSSR count). The van der Waals surface area contributed by atoms with Crippen LogP contribution < -0.4 is 57.9 Å². The minimum Gasteiger partial charge on any atom is -0.497 e. The van der Waals surface area contributed by atoms with Crippen LogP contribution in [-0.2, 0) is 66.5 Å². The summed E-state index contributed by atoms with van der Waals surface area (Å²) in [6, 6.07) is 15.0. The second-order valence-electron chi connectivity index (χ2n) is 30.1. The number of carbonyl (C=O) groups is 10. The number of fused-ring (bicyclic) bond motifs is 3. The Balaban J connectivity index is 0.532. The van der Waals surface area contributed by atoms with Crippen LogP contribution >= 0.6 is 11.6 Å². The van der Waals surface area contributed by atoms with E-state index >= 15 is 0 Å². The van der Waals surface area contributed by atoms with Crippen LogP contribution in [0.1, 0.15) is 186 Å². The molecule has 2 aromatic carbocycles. The molecular weight excluding hydrogens is 1640 g/mol. The molecule has 6 aromatic heterocycles. The summed E-state index contributed by atoms with van der Waals surface area (Å²) in [5, 5.41) is 37.1. The molecule has 0 saturated carbocycles. The predicted octanol–water partition coefficient (Wildman–Crippen LogP) is 5.92. The highest BCUT2D eigenvalue weighted by molar-refractivity contribution is 6.30. The van der Waals surface area contributed by atoms with E-state index in [2.05, 4.69) is 83.2 Å². The fraction of sp³-hybridized carbons (Fsp3) is 0.500. The number of carbonyl (C=O) groups excluding carboxylic acids is 10. The molecule has 1 aliphatic rings. The fourth-order valence-corrected chi connectivity index (χ4v) is 13.2. The lowest BCUT2D eigenvalue weighted by molar-refractivity contribution is -0.123. The van der Waals surface area contributed by atoms with E-state index in [1.165, 1.54) is 41.5 Å². The maximum absolute atomic E-state index is 13.7. The van der Waals surface area contributed by atoms with Crippen molar-refractivity contribution in [3.05, 3.63) is 148 Å². The van der Waals surface area contributed by atoms with Gasteiger partial charge in [-0.15, -0.1) is 10.2 Å². The topological polar surface area (TPSA) is 465 Å². The van der Waals surface area contributed by atoms with Gasteiger partial charge in [0.15, 0.2) is 23.3 Å². The Labute approximate surface area is 730 Å². The van der Waals surface area contributed by atoms with Crippen LogP contribution in [-0.4, -0.2) is 268 Å². The number of imidazole rings is 3. The molecule has 10 N–H and O–H groups in total. The zero-order valence-electron chi connectivity index (χ0n) is 72.7. The molecule has 1 atom stereocenters. The Morgan fingerprint density at radius 3 is 1.46 bits per heavy atom. The SMILES string of the molecule is COc1ccc2c(c1)C(c1ccc(Cl)cc1)=N[C@@H](CC(=O)NCCOCCOCCOCCOCCOCCOCCC(=O)NCCCN(C)CCCNC(=O)CCNC(=O)c1nc(NC(=O)CCNC(=O)c3cc(NC(=O)c4nc(NC(=O)CCNC(=O)c5cc(NC(=O)c6nccn6C(C)C)cn5C)cn4C(C)C)cn3C)cn1C(C)C)c1nnc(C)n1-2. The minimum atomic E-state index is -0.626. The van der Waals surface area contributed by atoms with E-state index in [0.717, 1.165) is 29.8 Å². The number of methoxy groups -OCH3 is 1. The van der Waals surface area contributed by atoms with Gasteiger partial charge in [0.05, 0.1) is 116 Å². The molecule has 0 fully saturated rings. The van der Waals surface area contributed by atoms with Crippen molar-refractivity contribution in [2.75, 3.05) is 167 Å². The van der Waals surface area contributed by atoms with Gasteiger partial charge in [0.2, 0.25) is 41.2 Å². The number of aliphatic imine (C=N–C) groups is 1. The summed E-state index contributed by atoms with van der Waals surface area (Å²) in [5.41, 5.74) is 4.22. The van der Waals surface area contributed by atoms with Gasteiger partial charge >= 0.3 is 0 Å². The van der Waals surface area contributed by atoms with Crippen molar-refractivity contribution >= 4 is 99.4 Å². The van der Waals surface area contributed by atoms with Crippen LogP contribution in [0.2, 0.25) is 5.02 Å². The van der Waals surface area contributed by atoms with Gasteiger partial charge in [-0.25, -0.2) is 15.0 Å². The zero-order valence-corrected chi connectivity index (χ0v) is 73.4. The molecule has 676 valence electrons. The van der Waals surface area contributed by atoms with Crippen molar-refractivity contribution < 1.29 is 81.1 Å². The van der Waals surface area contributed by atoms with Crippen LogP contribution in [0.3, 0.4) is 0 Å². The number of halogens is 1. The number of ether oxygens (including phenoxy) is 7. The van der Waals surface area contributed by atoms with Crippen LogP contribution in [0.4, 0.5) is 23.0 Å². The zero-order chi connectivity index (χ0) is 89.9. The molecule has 8 aromatic rings. The summed E-state index contributed by atoms with van der Waals surface area (Å²) >= 11 is 6.23. The van der Waals surface area contributed by atoms with Gasteiger partial charge < -0.3 is 114 Å². The number of aromatic nitrogens is 11. The van der Waals surface area contributed by atoms with E-state index in [9.17, 15) is 47.9 Å². The fourth-order valence-electron chi connectivity index (χ4n) is 13.1. The molecule has 0 aliphatic carbocycles. The highest BCUT2D eigenvalue weighted by atomic mass is 35.5. The number of hydrogen-bond acceptors (Lipinski definition) is 24. The minimum absolute atomic E-state index is 0.0109. The molecule has 1 aliphatic heterocycles. The first kappa shape index (κ1) is 96.8. The molecule has 40 nitrogen and oxygen atoms in total. The van der Waals surface area contributed by atoms with E-state index in [4.69, 9.17) is 49.8 Å².